The maximum absolute atomic E-state index is 12.5. The number of nitrogens with zero attached hydrogens (tertiary/aromatic N) is 1. The van der Waals surface area contributed by atoms with Crippen LogP contribution in [0.25, 0.3) is 10.9 Å². The van der Waals surface area contributed by atoms with Crippen molar-refractivity contribution in [2.24, 2.45) is 0 Å². The number of H-pyrrole nitrogens is 1. The highest BCUT2D eigenvalue weighted by Gasteiger charge is 2.30. The summed E-state index contributed by atoms with van der Waals surface area (Å²) in [6, 6.07) is 5.87. The molecular formula is C17H22N2O3. The molecule has 0 radical (unpaired) electrons. The molecule has 1 amide bonds. The van der Waals surface area contributed by atoms with Crippen molar-refractivity contribution in [1.82, 2.24) is 4.98 Å². The van der Waals surface area contributed by atoms with Crippen molar-refractivity contribution in [2.75, 3.05) is 18.6 Å². The molecule has 2 heterocycles. The SMILES string of the molecule is COc1ccc2c3c([nH]c2c1)CCCN3C(=O)OC(C)(C)C. The molecule has 1 aliphatic rings. The number of amides is 1. The lowest BCUT2D eigenvalue weighted by atomic mass is 10.1. The average molecular weight is 302 g/mol. The Balaban J connectivity index is 2.03. The first-order chi connectivity index (χ1) is 10.4. The van der Waals surface area contributed by atoms with Crippen LogP contribution in [0.15, 0.2) is 18.2 Å². The Hall–Kier alpha value is -2.17. The summed E-state index contributed by atoms with van der Waals surface area (Å²) < 4.78 is 10.8. The van der Waals surface area contributed by atoms with Gasteiger partial charge in [0, 0.05) is 23.7 Å². The summed E-state index contributed by atoms with van der Waals surface area (Å²) in [6.45, 7) is 6.34. The third-order valence-corrected chi connectivity index (χ3v) is 3.75. The van der Waals surface area contributed by atoms with Gasteiger partial charge in [0.05, 0.1) is 18.3 Å². The molecule has 2 aromatic rings. The van der Waals surface area contributed by atoms with Crippen molar-refractivity contribution >= 4 is 22.7 Å². The maximum atomic E-state index is 12.5. The number of nitrogens with one attached hydrogen (secondary N) is 1. The zero-order valence-corrected chi connectivity index (χ0v) is 13.5. The fourth-order valence-corrected chi connectivity index (χ4v) is 2.86. The number of fused-ring (bicyclic) bond motifs is 3. The van der Waals surface area contributed by atoms with Crippen molar-refractivity contribution in [2.45, 2.75) is 39.2 Å². The van der Waals surface area contributed by atoms with E-state index in [-0.39, 0.29) is 6.09 Å². The number of aryl methyl sites for hydroxylation is 1. The predicted molar refractivity (Wildman–Crippen MR) is 86.8 cm³/mol. The molecular weight excluding hydrogens is 280 g/mol. The average Bonchev–Trinajstić information content (AvgIpc) is 2.82. The van der Waals surface area contributed by atoms with Crippen LogP contribution in [-0.2, 0) is 11.2 Å². The number of ether oxygens (including phenoxy) is 2. The van der Waals surface area contributed by atoms with Gasteiger partial charge in [0.15, 0.2) is 0 Å². The minimum absolute atomic E-state index is 0.287. The number of benzene rings is 1. The largest absolute Gasteiger partial charge is 0.497 e. The number of rotatable bonds is 1. The third-order valence-electron chi connectivity index (χ3n) is 3.75. The van der Waals surface area contributed by atoms with E-state index in [9.17, 15) is 4.79 Å². The predicted octanol–water partition coefficient (Wildman–Crippen LogP) is 3.86. The van der Waals surface area contributed by atoms with Crippen LogP contribution in [0.1, 0.15) is 32.9 Å². The smallest absolute Gasteiger partial charge is 0.414 e. The van der Waals surface area contributed by atoms with Gasteiger partial charge < -0.3 is 14.5 Å². The number of aromatic nitrogens is 1. The topological polar surface area (TPSA) is 54.6 Å². The summed E-state index contributed by atoms with van der Waals surface area (Å²) in [6.07, 6.45) is 1.58. The van der Waals surface area contributed by atoms with Crippen LogP contribution in [0.4, 0.5) is 10.5 Å². The molecule has 1 aliphatic heterocycles. The lowest BCUT2D eigenvalue weighted by Crippen LogP contribution is -2.39. The Morgan fingerprint density at radius 3 is 2.77 bits per heavy atom. The van der Waals surface area contributed by atoms with E-state index < -0.39 is 5.60 Å². The lowest BCUT2D eigenvalue weighted by molar-refractivity contribution is 0.0578. The van der Waals surface area contributed by atoms with Gasteiger partial charge in [0.1, 0.15) is 11.4 Å². The molecule has 5 nitrogen and oxygen atoms in total. The van der Waals surface area contributed by atoms with Gasteiger partial charge in [-0.1, -0.05) is 0 Å². The number of anilines is 1. The molecule has 5 heteroatoms. The molecule has 0 aliphatic carbocycles. The summed E-state index contributed by atoms with van der Waals surface area (Å²) in [5.41, 5.74) is 2.52. The van der Waals surface area contributed by atoms with Crippen molar-refractivity contribution in [3.05, 3.63) is 23.9 Å². The van der Waals surface area contributed by atoms with E-state index in [1.807, 2.05) is 39.0 Å². The molecule has 0 saturated carbocycles. The monoisotopic (exact) mass is 302 g/mol. The summed E-state index contributed by atoms with van der Waals surface area (Å²) in [4.78, 5) is 17.7. The molecule has 22 heavy (non-hydrogen) atoms. The standard InChI is InChI=1S/C17H22N2O3/c1-17(2,3)22-16(20)19-9-5-6-13-15(19)12-8-7-11(21-4)10-14(12)18-13/h7-8,10,18H,5-6,9H2,1-4H3. The van der Waals surface area contributed by atoms with Gasteiger partial charge in [-0.3, -0.25) is 4.90 Å². The van der Waals surface area contributed by atoms with E-state index in [4.69, 9.17) is 9.47 Å². The summed E-state index contributed by atoms with van der Waals surface area (Å²) in [5, 5.41) is 1.03. The Morgan fingerprint density at radius 2 is 2.09 bits per heavy atom. The number of hydrogen-bond acceptors (Lipinski definition) is 3. The van der Waals surface area contributed by atoms with Gasteiger partial charge >= 0.3 is 6.09 Å². The Morgan fingerprint density at radius 1 is 1.32 bits per heavy atom. The highest BCUT2D eigenvalue weighted by molar-refractivity contribution is 6.03. The van der Waals surface area contributed by atoms with Crippen LogP contribution in [0.3, 0.4) is 0 Å². The number of carbonyl (C=O) groups excluding carboxylic acids is 1. The highest BCUT2D eigenvalue weighted by atomic mass is 16.6. The third kappa shape index (κ3) is 2.63. The molecule has 3 rings (SSSR count). The molecule has 0 spiro atoms. The minimum Gasteiger partial charge on any atom is -0.497 e. The van der Waals surface area contributed by atoms with E-state index >= 15 is 0 Å². The quantitative estimate of drug-likeness (QED) is 0.870. The fourth-order valence-electron chi connectivity index (χ4n) is 2.86. The molecule has 0 saturated heterocycles. The van der Waals surface area contributed by atoms with Crippen LogP contribution >= 0.6 is 0 Å². The molecule has 1 aromatic heterocycles. The van der Waals surface area contributed by atoms with E-state index in [0.717, 1.165) is 40.9 Å². The molecule has 0 fully saturated rings. The normalized spacial score (nSPS) is 14.8. The highest BCUT2D eigenvalue weighted by Crippen LogP contribution is 2.37. The van der Waals surface area contributed by atoms with Crippen molar-refractivity contribution in [3.8, 4) is 5.75 Å². The second kappa shape index (κ2) is 5.23. The van der Waals surface area contributed by atoms with Crippen molar-refractivity contribution < 1.29 is 14.3 Å². The van der Waals surface area contributed by atoms with Gasteiger partial charge in [-0.25, -0.2) is 4.79 Å². The van der Waals surface area contributed by atoms with E-state index in [1.54, 1.807) is 12.0 Å². The zero-order chi connectivity index (χ0) is 15.9. The van der Waals surface area contributed by atoms with Gasteiger partial charge in [0.25, 0.3) is 0 Å². The molecule has 0 unspecified atom stereocenters. The fraction of sp³-hybridized carbons (Fsp3) is 0.471. The number of carbonyl (C=O) groups is 1. The maximum Gasteiger partial charge on any atom is 0.414 e. The molecule has 118 valence electrons. The van der Waals surface area contributed by atoms with Gasteiger partial charge in [-0.2, -0.15) is 0 Å². The van der Waals surface area contributed by atoms with Crippen LogP contribution < -0.4 is 9.64 Å². The van der Waals surface area contributed by atoms with Crippen LogP contribution in [0.2, 0.25) is 0 Å². The first-order valence-corrected chi connectivity index (χ1v) is 7.58. The molecule has 1 aromatic carbocycles. The first kappa shape index (κ1) is 14.8. The molecule has 0 bridgehead atoms. The lowest BCUT2D eigenvalue weighted by Gasteiger charge is -2.30. The van der Waals surface area contributed by atoms with Crippen LogP contribution in [0.5, 0.6) is 5.75 Å². The Labute approximate surface area is 130 Å². The Bertz CT molecular complexity index is 712. The summed E-state index contributed by atoms with van der Waals surface area (Å²) in [7, 11) is 1.65. The second-order valence-electron chi connectivity index (χ2n) is 6.60. The minimum atomic E-state index is -0.496. The Kier molecular flexibility index (Phi) is 3.51. The zero-order valence-electron chi connectivity index (χ0n) is 13.5. The van der Waals surface area contributed by atoms with Crippen molar-refractivity contribution in [3.63, 3.8) is 0 Å². The number of methoxy groups -OCH3 is 1. The van der Waals surface area contributed by atoms with Crippen LogP contribution in [0, 0.1) is 0 Å². The molecule has 1 N–H and O–H groups in total. The first-order valence-electron chi connectivity index (χ1n) is 7.58. The van der Waals surface area contributed by atoms with Crippen LogP contribution in [-0.4, -0.2) is 30.3 Å². The van der Waals surface area contributed by atoms with Gasteiger partial charge in [-0.05, 0) is 45.7 Å². The van der Waals surface area contributed by atoms with Gasteiger partial charge in [-0.15, -0.1) is 0 Å². The second-order valence-corrected chi connectivity index (χ2v) is 6.60. The van der Waals surface area contributed by atoms with E-state index in [2.05, 4.69) is 4.98 Å². The van der Waals surface area contributed by atoms with E-state index in [1.165, 1.54) is 0 Å². The van der Waals surface area contributed by atoms with E-state index in [0.29, 0.717) is 6.54 Å². The number of hydrogen-bond donors (Lipinski definition) is 1. The number of aromatic amines is 1. The molecule has 0 atom stereocenters. The van der Waals surface area contributed by atoms with Crippen molar-refractivity contribution in [1.29, 1.82) is 0 Å². The van der Waals surface area contributed by atoms with Gasteiger partial charge in [0.2, 0.25) is 0 Å². The summed E-state index contributed by atoms with van der Waals surface area (Å²) in [5.74, 6) is 0.801. The summed E-state index contributed by atoms with van der Waals surface area (Å²) >= 11 is 0.